The Kier molecular flexibility index (Phi) is 3.67. The van der Waals surface area contributed by atoms with Crippen LogP contribution in [-0.2, 0) is 11.3 Å². The maximum absolute atomic E-state index is 10.8. The number of rotatable bonds is 4. The van der Waals surface area contributed by atoms with Gasteiger partial charge >= 0.3 is 0 Å². The second kappa shape index (κ2) is 5.40. The molecule has 0 fully saturated rings. The van der Waals surface area contributed by atoms with Crippen molar-refractivity contribution in [2.75, 3.05) is 7.11 Å². The molecule has 1 aromatic carbocycles. The van der Waals surface area contributed by atoms with Gasteiger partial charge in [-0.3, -0.25) is 4.79 Å². The molecule has 0 aliphatic heterocycles. The number of nitrogens with one attached hydrogen (secondary N) is 1. The molecule has 2 rings (SSSR count). The van der Waals surface area contributed by atoms with Crippen molar-refractivity contribution in [2.24, 2.45) is 0 Å². The molecule has 0 aliphatic rings. The summed E-state index contributed by atoms with van der Waals surface area (Å²) in [4.78, 5) is 10.8. The van der Waals surface area contributed by atoms with Crippen LogP contribution >= 0.6 is 0 Å². The predicted octanol–water partition coefficient (Wildman–Crippen LogP) is 2.59. The van der Waals surface area contributed by atoms with Crippen LogP contribution in [0, 0.1) is 0 Å². The average Bonchev–Trinajstić information content (AvgIpc) is 2.85. The molecule has 18 heavy (non-hydrogen) atoms. The van der Waals surface area contributed by atoms with E-state index in [-0.39, 0.29) is 5.91 Å². The number of hydrogen-bond acceptors (Lipinski definition) is 3. The van der Waals surface area contributed by atoms with Crippen LogP contribution in [0.3, 0.4) is 0 Å². The van der Waals surface area contributed by atoms with Crippen LogP contribution in [0.25, 0.3) is 11.3 Å². The third-order valence-electron chi connectivity index (χ3n) is 2.55. The van der Waals surface area contributed by atoms with Gasteiger partial charge < -0.3 is 14.5 Å². The van der Waals surface area contributed by atoms with E-state index < -0.39 is 0 Å². The first-order valence-corrected chi connectivity index (χ1v) is 5.66. The van der Waals surface area contributed by atoms with Crippen molar-refractivity contribution in [3.8, 4) is 17.1 Å². The molecular weight excluding hydrogens is 230 g/mol. The molecule has 0 saturated carbocycles. The van der Waals surface area contributed by atoms with Crippen molar-refractivity contribution in [3.05, 3.63) is 42.2 Å². The Morgan fingerprint density at radius 1 is 1.22 bits per heavy atom. The molecule has 0 aliphatic carbocycles. The highest BCUT2D eigenvalue weighted by Gasteiger charge is 2.05. The van der Waals surface area contributed by atoms with Crippen LogP contribution < -0.4 is 10.1 Å². The maximum atomic E-state index is 10.8. The fraction of sp³-hybridized carbons (Fsp3) is 0.214. The highest BCUT2D eigenvalue weighted by molar-refractivity contribution is 5.72. The van der Waals surface area contributed by atoms with E-state index in [4.69, 9.17) is 9.15 Å². The lowest BCUT2D eigenvalue weighted by molar-refractivity contribution is -0.119. The minimum absolute atomic E-state index is 0.0719. The summed E-state index contributed by atoms with van der Waals surface area (Å²) in [6.45, 7) is 1.89. The Bertz CT molecular complexity index is 528. The van der Waals surface area contributed by atoms with E-state index in [0.717, 1.165) is 22.8 Å². The summed E-state index contributed by atoms with van der Waals surface area (Å²) in [6.07, 6.45) is 0. The van der Waals surface area contributed by atoms with Crippen LogP contribution in [0.2, 0.25) is 0 Å². The summed E-state index contributed by atoms with van der Waals surface area (Å²) >= 11 is 0. The Balaban J connectivity index is 2.10. The number of ether oxygens (including phenoxy) is 1. The number of hydrogen-bond donors (Lipinski definition) is 1. The van der Waals surface area contributed by atoms with E-state index in [1.165, 1.54) is 6.92 Å². The monoisotopic (exact) mass is 245 g/mol. The fourth-order valence-corrected chi connectivity index (χ4v) is 1.59. The van der Waals surface area contributed by atoms with Crippen LogP contribution in [-0.4, -0.2) is 13.0 Å². The van der Waals surface area contributed by atoms with E-state index in [0.29, 0.717) is 6.54 Å². The molecule has 0 unspecified atom stereocenters. The van der Waals surface area contributed by atoms with Crippen molar-refractivity contribution >= 4 is 5.91 Å². The zero-order valence-corrected chi connectivity index (χ0v) is 10.4. The van der Waals surface area contributed by atoms with Gasteiger partial charge in [-0.2, -0.15) is 0 Å². The van der Waals surface area contributed by atoms with Crippen molar-refractivity contribution in [1.29, 1.82) is 0 Å². The van der Waals surface area contributed by atoms with Gasteiger partial charge in [0.25, 0.3) is 0 Å². The summed E-state index contributed by atoms with van der Waals surface area (Å²) in [6, 6.07) is 11.4. The SMILES string of the molecule is COc1ccc(-c2ccc(CNC(C)=O)o2)cc1. The quantitative estimate of drug-likeness (QED) is 0.900. The molecule has 4 nitrogen and oxygen atoms in total. The topological polar surface area (TPSA) is 51.5 Å². The Labute approximate surface area is 106 Å². The van der Waals surface area contributed by atoms with Crippen molar-refractivity contribution in [3.63, 3.8) is 0 Å². The summed E-state index contributed by atoms with van der Waals surface area (Å²) in [5, 5.41) is 2.69. The fourth-order valence-electron chi connectivity index (χ4n) is 1.59. The largest absolute Gasteiger partial charge is 0.497 e. The Morgan fingerprint density at radius 3 is 2.56 bits per heavy atom. The highest BCUT2D eigenvalue weighted by atomic mass is 16.5. The molecule has 1 amide bonds. The summed E-state index contributed by atoms with van der Waals surface area (Å²) in [7, 11) is 1.63. The van der Waals surface area contributed by atoms with Gasteiger partial charge in [-0.05, 0) is 36.4 Å². The summed E-state index contributed by atoms with van der Waals surface area (Å²) in [5.41, 5.74) is 0.977. The highest BCUT2D eigenvalue weighted by Crippen LogP contribution is 2.24. The molecular formula is C14H15NO3. The van der Waals surface area contributed by atoms with Gasteiger partial charge in [-0.15, -0.1) is 0 Å². The first-order chi connectivity index (χ1) is 8.69. The minimum atomic E-state index is -0.0719. The molecule has 0 spiro atoms. The molecule has 1 aromatic heterocycles. The van der Waals surface area contributed by atoms with Crippen LogP contribution in [0.4, 0.5) is 0 Å². The van der Waals surface area contributed by atoms with Gasteiger partial charge in [-0.1, -0.05) is 0 Å². The van der Waals surface area contributed by atoms with Gasteiger partial charge in [0.2, 0.25) is 5.91 Å². The predicted molar refractivity (Wildman–Crippen MR) is 68.2 cm³/mol. The van der Waals surface area contributed by atoms with Crippen molar-refractivity contribution in [1.82, 2.24) is 5.32 Å². The molecule has 4 heteroatoms. The standard InChI is InChI=1S/C14H15NO3/c1-10(16)15-9-13-7-8-14(18-13)11-3-5-12(17-2)6-4-11/h3-8H,9H2,1-2H3,(H,15,16). The molecule has 1 N–H and O–H groups in total. The average molecular weight is 245 g/mol. The Hall–Kier alpha value is -2.23. The van der Waals surface area contributed by atoms with Crippen LogP contribution in [0.15, 0.2) is 40.8 Å². The van der Waals surface area contributed by atoms with E-state index >= 15 is 0 Å². The van der Waals surface area contributed by atoms with Gasteiger partial charge in [0, 0.05) is 12.5 Å². The molecule has 1 heterocycles. The lowest BCUT2D eigenvalue weighted by Crippen LogP contribution is -2.18. The molecule has 2 aromatic rings. The lowest BCUT2D eigenvalue weighted by atomic mass is 10.2. The van der Waals surface area contributed by atoms with Gasteiger partial charge in [0.05, 0.1) is 13.7 Å². The number of carbonyl (C=O) groups excluding carboxylic acids is 1. The van der Waals surface area contributed by atoms with E-state index in [2.05, 4.69) is 5.32 Å². The molecule has 0 saturated heterocycles. The second-order valence-electron chi connectivity index (χ2n) is 3.90. The number of benzene rings is 1. The number of amides is 1. The maximum Gasteiger partial charge on any atom is 0.217 e. The third kappa shape index (κ3) is 2.91. The first kappa shape index (κ1) is 12.2. The smallest absolute Gasteiger partial charge is 0.217 e. The number of carbonyl (C=O) groups is 1. The van der Waals surface area contributed by atoms with E-state index in [1.54, 1.807) is 7.11 Å². The summed E-state index contributed by atoms with van der Waals surface area (Å²) < 4.78 is 10.7. The van der Waals surface area contributed by atoms with Crippen molar-refractivity contribution < 1.29 is 13.9 Å². The molecule has 0 bridgehead atoms. The summed E-state index contributed by atoms with van der Waals surface area (Å²) in [5.74, 6) is 2.25. The second-order valence-corrected chi connectivity index (χ2v) is 3.90. The normalized spacial score (nSPS) is 10.1. The lowest BCUT2D eigenvalue weighted by Gasteiger charge is -2.01. The van der Waals surface area contributed by atoms with E-state index in [1.807, 2.05) is 36.4 Å². The zero-order valence-electron chi connectivity index (χ0n) is 10.4. The van der Waals surface area contributed by atoms with Crippen molar-refractivity contribution in [2.45, 2.75) is 13.5 Å². The van der Waals surface area contributed by atoms with Gasteiger partial charge in [0.1, 0.15) is 17.3 Å². The number of furan rings is 1. The number of methoxy groups -OCH3 is 1. The third-order valence-corrected chi connectivity index (χ3v) is 2.55. The molecule has 0 atom stereocenters. The molecule has 94 valence electrons. The van der Waals surface area contributed by atoms with Crippen LogP contribution in [0.5, 0.6) is 5.75 Å². The van der Waals surface area contributed by atoms with E-state index in [9.17, 15) is 4.79 Å². The zero-order chi connectivity index (χ0) is 13.0. The minimum Gasteiger partial charge on any atom is -0.497 e. The van der Waals surface area contributed by atoms with Gasteiger partial charge in [-0.25, -0.2) is 0 Å². The van der Waals surface area contributed by atoms with Crippen LogP contribution in [0.1, 0.15) is 12.7 Å². The first-order valence-electron chi connectivity index (χ1n) is 5.66. The molecule has 0 radical (unpaired) electrons. The van der Waals surface area contributed by atoms with Gasteiger partial charge in [0.15, 0.2) is 0 Å². The Morgan fingerprint density at radius 2 is 1.94 bits per heavy atom.